The summed E-state index contributed by atoms with van der Waals surface area (Å²) in [5, 5.41) is 70.0. The molecular formula is C107H108Cl10N14O12S7. The van der Waals surface area contributed by atoms with E-state index in [9.17, 15) is 54.0 Å². The number of rotatable bonds is 24. The Hall–Kier alpha value is -10.8. The molecule has 0 unspecified atom stereocenters. The second-order valence-electron chi connectivity index (χ2n) is 33.9. The van der Waals surface area contributed by atoms with E-state index in [1.807, 2.05) is 135 Å². The average molecular weight is 2360 g/mol. The lowest BCUT2D eigenvalue weighted by atomic mass is 9.98. The smallest absolute Gasteiger partial charge is 0.259 e. The van der Waals surface area contributed by atoms with Crippen LogP contribution in [0.25, 0.3) is 77.9 Å². The van der Waals surface area contributed by atoms with Gasteiger partial charge in [0.05, 0.1) is 157 Å². The largest absolute Gasteiger partial charge is 0.392 e. The lowest BCUT2D eigenvalue weighted by Crippen LogP contribution is -2.35. The summed E-state index contributed by atoms with van der Waals surface area (Å²) in [5.41, 5.74) is 59.8. The Balaban J connectivity index is 0.000000166. The van der Waals surface area contributed by atoms with Crippen LogP contribution in [0.2, 0.25) is 50.2 Å². The van der Waals surface area contributed by atoms with Crippen molar-refractivity contribution in [3.8, 4) is 77.9 Å². The molecule has 7 aromatic heterocycles. The van der Waals surface area contributed by atoms with Gasteiger partial charge in [-0.15, -0.1) is 79.4 Å². The summed E-state index contributed by atoms with van der Waals surface area (Å²) in [4.78, 5) is 92.4. The number of hydrogen-bond donors (Lipinski definition) is 15. The number of anilines is 8. The first-order chi connectivity index (χ1) is 71.8. The molecule has 150 heavy (non-hydrogen) atoms. The Morgan fingerprint density at radius 2 is 0.620 bits per heavy atom. The first-order valence-electron chi connectivity index (χ1n) is 46.3. The normalized spacial score (nSPS) is 12.0. The fraction of sp³-hybridized carbons (Fsp3) is 0.224. The minimum Gasteiger partial charge on any atom is -0.392 e. The minimum absolute atomic E-state index is 0.0134. The van der Waals surface area contributed by atoms with Gasteiger partial charge in [-0.1, -0.05) is 189 Å². The van der Waals surface area contributed by atoms with E-state index in [4.69, 9.17) is 161 Å². The SMILES string of the molecule is CC(C)NC(=O)c1c(-c2ccc(Cl)c(Cl)c2)csc1N.CCNC(=O)c1c(-c2ccc(Cl)c(Cl)c2)csc1N.CN(C)C(=O)c1c(-c2ccc(Cl)c(Cl)c2)csc1N.COCCNC(=O)c1c(-c2ccc(Cl)c(Cl)c2)csc1N.Nc1scc(-c2ccc(CO)c(CO)c2)c1C(=O)N1CCCCC1.Nc1scc(-c2ccc(CO)c(CO)c2)c1C(=O)Nc1ccccc1.Nc1scc(-c2ccc(Cl)c(Cl)c2)c1C(=O)N1CCCCC1. The van der Waals surface area contributed by atoms with Crippen LogP contribution >= 0.6 is 195 Å². The van der Waals surface area contributed by atoms with Crippen molar-refractivity contribution in [3.63, 3.8) is 0 Å². The summed E-state index contributed by atoms with van der Waals surface area (Å²) in [5.74, 6) is -0.995. The first kappa shape index (κ1) is 119. The van der Waals surface area contributed by atoms with E-state index in [0.717, 1.165) is 131 Å². The number of methoxy groups -OCH3 is 1. The summed E-state index contributed by atoms with van der Waals surface area (Å²) in [6.45, 7) is 9.62. The molecule has 0 atom stereocenters. The number of thiophene rings is 7. The summed E-state index contributed by atoms with van der Waals surface area (Å²) >= 11 is 69.1. The van der Waals surface area contributed by atoms with Gasteiger partial charge in [0, 0.05) is 149 Å². The number of amides is 7. The Labute approximate surface area is 946 Å². The van der Waals surface area contributed by atoms with E-state index in [-0.39, 0.29) is 73.8 Å². The predicted octanol–water partition coefficient (Wildman–Crippen LogP) is 27.0. The zero-order valence-electron chi connectivity index (χ0n) is 81.7. The van der Waals surface area contributed by atoms with Crippen LogP contribution in [-0.4, -0.2) is 150 Å². The van der Waals surface area contributed by atoms with Crippen molar-refractivity contribution in [2.45, 2.75) is 91.8 Å². The topological polar surface area (TPSA) is 450 Å². The molecule has 0 radical (unpaired) electrons. The highest BCUT2D eigenvalue weighted by atomic mass is 35.5. The lowest BCUT2D eigenvalue weighted by molar-refractivity contribution is 0.0719. The Morgan fingerprint density at radius 1 is 0.347 bits per heavy atom. The maximum Gasteiger partial charge on any atom is 0.259 e. The number of carbonyl (C=O) groups excluding carboxylic acids is 7. The number of piperidine rings is 2. The molecule has 17 rings (SSSR count). The highest BCUT2D eigenvalue weighted by Crippen LogP contribution is 2.45. The lowest BCUT2D eigenvalue weighted by Gasteiger charge is -2.27. The molecule has 9 heterocycles. The fourth-order valence-electron chi connectivity index (χ4n) is 15.6. The number of likely N-dealkylation sites (tertiary alicyclic amines) is 2. The third-order valence-electron chi connectivity index (χ3n) is 23.2. The average Bonchev–Trinajstić information content (AvgIpc) is 1.74. The van der Waals surface area contributed by atoms with Crippen molar-refractivity contribution < 1.29 is 58.7 Å². The molecule has 0 bridgehead atoms. The van der Waals surface area contributed by atoms with E-state index < -0.39 is 0 Å². The molecule has 0 saturated carbocycles. The number of nitrogens with two attached hydrogens (primary N) is 7. The quantitative estimate of drug-likeness (QED) is 0.0250. The molecule has 2 aliphatic heterocycles. The third kappa shape index (κ3) is 30.9. The molecule has 7 amide bonds. The summed E-state index contributed by atoms with van der Waals surface area (Å²) in [7, 11) is 4.96. The summed E-state index contributed by atoms with van der Waals surface area (Å²) in [6.07, 6.45) is 6.52. The maximum atomic E-state index is 12.9. The van der Waals surface area contributed by atoms with Gasteiger partial charge in [-0.2, -0.15) is 0 Å². The van der Waals surface area contributed by atoms with Gasteiger partial charge >= 0.3 is 0 Å². The molecular weight excluding hydrogens is 2250 g/mol. The molecule has 22 N–H and O–H groups in total. The number of ether oxygens (including phenoxy) is 1. The van der Waals surface area contributed by atoms with E-state index in [0.29, 0.717) is 177 Å². The van der Waals surface area contributed by atoms with Crippen LogP contribution in [0, 0.1) is 0 Å². The minimum atomic E-state index is -0.281. The van der Waals surface area contributed by atoms with Gasteiger partial charge in [0.25, 0.3) is 41.4 Å². The van der Waals surface area contributed by atoms with Crippen LogP contribution in [-0.2, 0) is 31.2 Å². The second kappa shape index (κ2) is 57.3. The van der Waals surface area contributed by atoms with Gasteiger partial charge in [0.2, 0.25) is 0 Å². The van der Waals surface area contributed by atoms with Crippen LogP contribution < -0.4 is 61.4 Å². The number of nitrogens with zero attached hydrogens (tertiary/aromatic N) is 3. The Morgan fingerprint density at radius 3 is 0.913 bits per heavy atom. The van der Waals surface area contributed by atoms with E-state index in [1.165, 1.54) is 90.7 Å². The highest BCUT2D eigenvalue weighted by molar-refractivity contribution is 7.17. The number of aliphatic hydroxyl groups excluding tert-OH is 4. The summed E-state index contributed by atoms with van der Waals surface area (Å²) in [6, 6.07) is 46.4. The van der Waals surface area contributed by atoms with Crippen molar-refractivity contribution in [1.29, 1.82) is 0 Å². The molecule has 8 aromatic carbocycles. The van der Waals surface area contributed by atoms with Crippen LogP contribution in [0.5, 0.6) is 0 Å². The van der Waals surface area contributed by atoms with Crippen LogP contribution in [0.1, 0.15) is 154 Å². The van der Waals surface area contributed by atoms with Gasteiger partial charge in [0.1, 0.15) is 0 Å². The second-order valence-corrected chi connectivity index (χ2v) is 44.4. The van der Waals surface area contributed by atoms with E-state index in [2.05, 4.69) is 21.3 Å². The van der Waals surface area contributed by atoms with Gasteiger partial charge in [-0.25, -0.2) is 0 Å². The molecule has 15 aromatic rings. The third-order valence-corrected chi connectivity index (χ3v) is 32.6. The first-order valence-corrected chi connectivity index (χ1v) is 56.3. The number of aliphatic hydroxyl groups is 4. The van der Waals surface area contributed by atoms with Crippen molar-refractivity contribution in [2.24, 2.45) is 0 Å². The number of carbonyl (C=O) groups is 7. The number of nitrogens with one attached hydrogen (secondary N) is 4. The number of nitrogen functional groups attached to an aromatic ring is 7. The van der Waals surface area contributed by atoms with Gasteiger partial charge in [-0.05, 0) is 205 Å². The van der Waals surface area contributed by atoms with Crippen LogP contribution in [0.3, 0.4) is 0 Å². The Kier molecular flexibility index (Phi) is 45.6. The fourth-order valence-corrected chi connectivity index (χ4v) is 22.8. The molecule has 0 aliphatic carbocycles. The van der Waals surface area contributed by atoms with Crippen molar-refractivity contribution in [2.75, 3.05) is 113 Å². The Bertz CT molecular complexity index is 7280. The zero-order valence-corrected chi connectivity index (χ0v) is 95.0. The van der Waals surface area contributed by atoms with Gasteiger partial charge in [0.15, 0.2) is 0 Å². The maximum absolute atomic E-state index is 12.9. The van der Waals surface area contributed by atoms with Gasteiger partial charge < -0.3 is 101 Å². The van der Waals surface area contributed by atoms with Crippen molar-refractivity contribution >= 4 is 277 Å². The van der Waals surface area contributed by atoms with Crippen molar-refractivity contribution in [3.05, 3.63) is 307 Å². The predicted molar refractivity (Wildman–Crippen MR) is 630 cm³/mol. The number of hydrogen-bond acceptors (Lipinski definition) is 26. The van der Waals surface area contributed by atoms with Gasteiger partial charge in [-0.3, -0.25) is 33.6 Å². The molecule has 790 valence electrons. The molecule has 2 fully saturated rings. The standard InChI is InChI=1S/C19H18N2O3S.C18H22N2O3S.C16H16Cl2N2OS.C14H14Cl2N2O2S.C14H14Cl2N2OS.2C13H12Cl2N2OS/c20-18-17(19(24)21-15-4-2-1-3-5-15)16(11-25-18)12-6-7-13(9-22)14(8-12)10-23;19-17-16(18(23)20-6-2-1-3-7-20)15(11-24-17)12-4-5-13(9-21)14(8-12)10-22;17-12-5-4-10(8-13(12)18)11-9-22-15(19)14(11)16(21)20-6-2-1-3-7-20;1-20-5-4-18-14(19)12-9(7-21-13(12)17)8-2-3-10(15)11(16)6-8;1-7(2)18-14(19)12-9(6-20-13(12)17)8-3-4-10(15)11(16)5-8;1-17(2)13(18)11-8(6-19-12(11)16)7-3-4-9(14)10(15)5-7;1-2-17-13(18)11-8(6-19-12(11)16)7-3-4-9(14)10(15)5-7/h1-8,11,22-23H,9-10,20H2,(H,21,24);4-5,8,11,21-22H,1-3,6-7,9-10,19H2;4-5,8-9H,1-3,6-7,19H2;2-3,6-7H,4-5,17H2,1H3,(H,18,19);3-7H,17H2,1-2H3,(H,18,19);3-6H,16H2,1-2H3;3-6H,2,16H2,1H3,(H,17,18). The van der Waals surface area contributed by atoms with Crippen molar-refractivity contribution in [1.82, 2.24) is 30.7 Å². The van der Waals surface area contributed by atoms with E-state index in [1.54, 1.807) is 112 Å². The molecule has 2 aliphatic rings. The zero-order chi connectivity index (χ0) is 109. The summed E-state index contributed by atoms with van der Waals surface area (Å²) < 4.78 is 4.91. The number of halogens is 10. The van der Waals surface area contributed by atoms with E-state index >= 15 is 0 Å². The highest BCUT2D eigenvalue weighted by Gasteiger charge is 2.31. The molecule has 43 heteroatoms. The monoisotopic (exact) mass is 2350 g/mol. The van der Waals surface area contributed by atoms with Crippen LogP contribution in [0.15, 0.2) is 195 Å². The van der Waals surface area contributed by atoms with Crippen LogP contribution in [0.4, 0.5) is 40.7 Å². The number of para-hydroxylation sites is 1. The molecule has 0 spiro atoms. The molecule has 2 saturated heterocycles. The number of benzene rings is 8. The molecule has 26 nitrogen and oxygen atoms in total.